The molecule has 2 rings (SSSR count). The van der Waals surface area contributed by atoms with Gasteiger partial charge in [-0.3, -0.25) is 4.79 Å². The van der Waals surface area contributed by atoms with Gasteiger partial charge < -0.3 is 9.47 Å². The van der Waals surface area contributed by atoms with Crippen molar-refractivity contribution in [1.29, 1.82) is 0 Å². The minimum Gasteiger partial charge on any atom is -0.347 e. The Labute approximate surface area is 124 Å². The molecule has 2 heterocycles. The Bertz CT molecular complexity index is 623. The largest absolute Gasteiger partial charge is 0.347 e. The second kappa shape index (κ2) is 5.46. The summed E-state index contributed by atoms with van der Waals surface area (Å²) in [5.41, 5.74) is 1.39. The number of likely N-dealkylation sites (N-methyl/N-ethyl adjacent to an activating group) is 1. The SMILES string of the molecule is CC(Cl)c1nc2cc(Br)cnc2n1CC(=O)N(C)C. The van der Waals surface area contributed by atoms with Gasteiger partial charge in [0.05, 0.1) is 5.38 Å². The van der Waals surface area contributed by atoms with E-state index in [9.17, 15) is 4.79 Å². The lowest BCUT2D eigenvalue weighted by atomic mass is 10.4. The zero-order chi connectivity index (χ0) is 14.2. The number of halogens is 2. The van der Waals surface area contributed by atoms with Gasteiger partial charge in [0.2, 0.25) is 5.91 Å². The normalized spacial score (nSPS) is 12.7. The van der Waals surface area contributed by atoms with Gasteiger partial charge in [-0.15, -0.1) is 11.6 Å². The molecule has 5 nitrogen and oxygen atoms in total. The molecule has 0 bridgehead atoms. The molecule has 0 saturated heterocycles. The van der Waals surface area contributed by atoms with Gasteiger partial charge in [-0.2, -0.15) is 0 Å². The lowest BCUT2D eigenvalue weighted by Crippen LogP contribution is -2.27. The van der Waals surface area contributed by atoms with Crippen LogP contribution in [0, 0.1) is 0 Å². The highest BCUT2D eigenvalue weighted by atomic mass is 79.9. The van der Waals surface area contributed by atoms with E-state index < -0.39 is 0 Å². The molecule has 2 aromatic rings. The van der Waals surface area contributed by atoms with Crippen molar-refractivity contribution >= 4 is 44.6 Å². The fourth-order valence-electron chi connectivity index (χ4n) is 1.74. The van der Waals surface area contributed by atoms with Crippen LogP contribution < -0.4 is 0 Å². The quantitative estimate of drug-likeness (QED) is 0.803. The molecule has 0 spiro atoms. The van der Waals surface area contributed by atoms with E-state index in [1.165, 1.54) is 4.90 Å². The summed E-state index contributed by atoms with van der Waals surface area (Å²) < 4.78 is 2.61. The molecule has 102 valence electrons. The first-order valence-corrected chi connectivity index (χ1v) is 6.99. The van der Waals surface area contributed by atoms with Crippen LogP contribution >= 0.6 is 27.5 Å². The first kappa shape index (κ1) is 14.3. The predicted octanol–water partition coefficient (Wildman–Crippen LogP) is 2.58. The smallest absolute Gasteiger partial charge is 0.242 e. The van der Waals surface area contributed by atoms with Gasteiger partial charge in [0.1, 0.15) is 17.9 Å². The van der Waals surface area contributed by atoms with E-state index in [4.69, 9.17) is 11.6 Å². The van der Waals surface area contributed by atoms with E-state index in [1.54, 1.807) is 24.9 Å². The fraction of sp³-hybridized carbons (Fsp3) is 0.417. The number of hydrogen-bond acceptors (Lipinski definition) is 3. The van der Waals surface area contributed by atoms with Crippen LogP contribution in [0.4, 0.5) is 0 Å². The minimum absolute atomic E-state index is 0.0254. The summed E-state index contributed by atoms with van der Waals surface area (Å²) >= 11 is 9.49. The Morgan fingerprint density at radius 1 is 1.58 bits per heavy atom. The molecule has 0 aliphatic rings. The van der Waals surface area contributed by atoms with Crippen molar-refractivity contribution in [2.75, 3.05) is 14.1 Å². The first-order chi connectivity index (χ1) is 8.90. The molecule has 0 fully saturated rings. The van der Waals surface area contributed by atoms with Crippen LogP contribution in [-0.2, 0) is 11.3 Å². The van der Waals surface area contributed by atoms with Gasteiger partial charge in [0, 0.05) is 24.8 Å². The van der Waals surface area contributed by atoms with Crippen LogP contribution in [0.3, 0.4) is 0 Å². The van der Waals surface area contributed by atoms with E-state index >= 15 is 0 Å². The number of aromatic nitrogens is 3. The Morgan fingerprint density at radius 3 is 2.84 bits per heavy atom. The van der Waals surface area contributed by atoms with Gasteiger partial charge >= 0.3 is 0 Å². The zero-order valence-electron chi connectivity index (χ0n) is 10.9. The third kappa shape index (κ3) is 2.90. The van der Waals surface area contributed by atoms with Crippen molar-refractivity contribution in [2.45, 2.75) is 18.8 Å². The second-order valence-corrected chi connectivity index (χ2v) is 6.03. The van der Waals surface area contributed by atoms with Crippen LogP contribution in [0.25, 0.3) is 11.2 Å². The molecule has 0 N–H and O–H groups in total. The van der Waals surface area contributed by atoms with Gasteiger partial charge in [0.25, 0.3) is 0 Å². The number of amides is 1. The summed E-state index contributed by atoms with van der Waals surface area (Å²) in [6.45, 7) is 2.01. The van der Waals surface area contributed by atoms with Crippen LogP contribution in [0.15, 0.2) is 16.7 Å². The average molecular weight is 346 g/mol. The molecular weight excluding hydrogens is 332 g/mol. The molecule has 2 aromatic heterocycles. The third-order valence-electron chi connectivity index (χ3n) is 2.73. The maximum absolute atomic E-state index is 11.9. The molecule has 19 heavy (non-hydrogen) atoms. The Kier molecular flexibility index (Phi) is 4.10. The highest BCUT2D eigenvalue weighted by Crippen LogP contribution is 2.25. The summed E-state index contributed by atoms with van der Waals surface area (Å²) in [7, 11) is 3.44. The minimum atomic E-state index is -0.289. The summed E-state index contributed by atoms with van der Waals surface area (Å²) in [6, 6.07) is 1.86. The lowest BCUT2D eigenvalue weighted by Gasteiger charge is -2.13. The number of imidazole rings is 1. The van der Waals surface area contributed by atoms with Gasteiger partial charge in [-0.25, -0.2) is 9.97 Å². The number of fused-ring (bicyclic) bond motifs is 1. The monoisotopic (exact) mass is 344 g/mol. The first-order valence-electron chi connectivity index (χ1n) is 5.76. The number of nitrogens with zero attached hydrogens (tertiary/aromatic N) is 4. The number of hydrogen-bond donors (Lipinski definition) is 0. The maximum Gasteiger partial charge on any atom is 0.242 e. The van der Waals surface area contributed by atoms with Crippen LogP contribution in [0.5, 0.6) is 0 Å². The lowest BCUT2D eigenvalue weighted by molar-refractivity contribution is -0.129. The van der Waals surface area contributed by atoms with Crippen molar-refractivity contribution in [3.8, 4) is 0 Å². The van der Waals surface area contributed by atoms with Crippen molar-refractivity contribution in [3.05, 3.63) is 22.6 Å². The van der Waals surface area contributed by atoms with E-state index in [0.29, 0.717) is 11.5 Å². The van der Waals surface area contributed by atoms with Gasteiger partial charge in [0.15, 0.2) is 5.65 Å². The molecule has 0 aliphatic carbocycles. The van der Waals surface area contributed by atoms with Crippen LogP contribution in [0.1, 0.15) is 18.1 Å². The number of pyridine rings is 1. The topological polar surface area (TPSA) is 51.0 Å². The van der Waals surface area contributed by atoms with Crippen LogP contribution in [0.2, 0.25) is 0 Å². The van der Waals surface area contributed by atoms with Crippen molar-refractivity contribution in [1.82, 2.24) is 19.4 Å². The third-order valence-corrected chi connectivity index (χ3v) is 3.36. The van der Waals surface area contributed by atoms with E-state index in [-0.39, 0.29) is 17.8 Å². The van der Waals surface area contributed by atoms with Gasteiger partial charge in [-0.05, 0) is 28.9 Å². The summed E-state index contributed by atoms with van der Waals surface area (Å²) in [4.78, 5) is 22.2. The second-order valence-electron chi connectivity index (χ2n) is 4.46. The predicted molar refractivity (Wildman–Crippen MR) is 78.2 cm³/mol. The number of carbonyl (C=O) groups is 1. The molecule has 7 heteroatoms. The molecule has 0 aliphatic heterocycles. The van der Waals surface area contributed by atoms with Crippen LogP contribution in [-0.4, -0.2) is 39.4 Å². The fourth-order valence-corrected chi connectivity index (χ4v) is 2.23. The standard InChI is InChI=1S/C12H14BrClN4O/c1-7(14)11-16-9-4-8(13)5-15-12(9)18(11)6-10(19)17(2)3/h4-5,7H,6H2,1-3H3. The zero-order valence-corrected chi connectivity index (χ0v) is 13.2. The molecule has 1 atom stereocenters. The van der Waals surface area contributed by atoms with E-state index in [2.05, 4.69) is 25.9 Å². The van der Waals surface area contributed by atoms with E-state index in [0.717, 1.165) is 9.99 Å². The summed E-state index contributed by atoms with van der Waals surface area (Å²) in [6.07, 6.45) is 1.68. The van der Waals surface area contributed by atoms with Crippen molar-refractivity contribution in [2.24, 2.45) is 0 Å². The van der Waals surface area contributed by atoms with Gasteiger partial charge in [-0.1, -0.05) is 0 Å². The average Bonchev–Trinajstić information content (AvgIpc) is 2.67. The molecule has 1 amide bonds. The highest BCUT2D eigenvalue weighted by molar-refractivity contribution is 9.10. The highest BCUT2D eigenvalue weighted by Gasteiger charge is 2.18. The molecule has 0 saturated carbocycles. The van der Waals surface area contributed by atoms with Crippen molar-refractivity contribution < 1.29 is 4.79 Å². The maximum atomic E-state index is 11.9. The Hall–Kier alpha value is -1.14. The molecule has 0 aromatic carbocycles. The summed E-state index contributed by atoms with van der Waals surface area (Å²) in [5, 5.41) is -0.289. The Balaban J connectivity index is 2.55. The summed E-state index contributed by atoms with van der Waals surface area (Å²) in [5.74, 6) is 0.625. The van der Waals surface area contributed by atoms with E-state index in [1.807, 2.05) is 13.0 Å². The van der Waals surface area contributed by atoms with Crippen molar-refractivity contribution in [3.63, 3.8) is 0 Å². The molecule has 1 unspecified atom stereocenters. The number of carbonyl (C=O) groups excluding carboxylic acids is 1. The molecule has 0 radical (unpaired) electrons. The number of rotatable bonds is 3. The Morgan fingerprint density at radius 2 is 2.26 bits per heavy atom. The number of alkyl halides is 1. The molecular formula is C12H14BrClN4O.